The zero-order valence-corrected chi connectivity index (χ0v) is 20.0. The van der Waals surface area contributed by atoms with Gasteiger partial charge >= 0.3 is 0 Å². The smallest absolute Gasteiger partial charge is 0.252 e. The number of thiophene rings is 1. The summed E-state index contributed by atoms with van der Waals surface area (Å²) in [4.78, 5) is 15.5. The van der Waals surface area contributed by atoms with E-state index in [4.69, 9.17) is 4.74 Å². The SMILES string of the molecule is COc1ccc(C(CNC(=O)C2CCCN(S(=O)(=O)c3cccs3)C2)N2CCCC2)cc1. The van der Waals surface area contributed by atoms with Crippen molar-refractivity contribution in [3.8, 4) is 5.75 Å². The maximum Gasteiger partial charge on any atom is 0.252 e. The lowest BCUT2D eigenvalue weighted by Crippen LogP contribution is -2.46. The number of likely N-dealkylation sites (tertiary alicyclic amines) is 1. The van der Waals surface area contributed by atoms with Crippen LogP contribution in [0.4, 0.5) is 0 Å². The molecule has 2 fully saturated rings. The molecule has 32 heavy (non-hydrogen) atoms. The summed E-state index contributed by atoms with van der Waals surface area (Å²) in [7, 11) is -1.88. The quantitative estimate of drug-likeness (QED) is 0.632. The summed E-state index contributed by atoms with van der Waals surface area (Å²) in [6.07, 6.45) is 3.73. The molecule has 4 rings (SSSR count). The molecule has 2 aromatic rings. The van der Waals surface area contributed by atoms with Crippen LogP contribution in [-0.4, -0.2) is 63.4 Å². The molecule has 0 radical (unpaired) electrons. The molecule has 2 aliphatic rings. The van der Waals surface area contributed by atoms with E-state index in [-0.39, 0.29) is 24.4 Å². The second-order valence-electron chi connectivity index (χ2n) is 8.41. The molecule has 0 bridgehead atoms. The van der Waals surface area contributed by atoms with E-state index in [1.807, 2.05) is 12.1 Å². The molecular weight excluding hydrogens is 446 g/mol. The topological polar surface area (TPSA) is 79.0 Å². The van der Waals surface area contributed by atoms with Crippen molar-refractivity contribution in [3.63, 3.8) is 0 Å². The number of hydrogen-bond donors (Lipinski definition) is 1. The summed E-state index contributed by atoms with van der Waals surface area (Å²) < 4.78 is 32.8. The highest BCUT2D eigenvalue weighted by Crippen LogP contribution is 2.28. The van der Waals surface area contributed by atoms with Gasteiger partial charge in [-0.25, -0.2) is 8.42 Å². The summed E-state index contributed by atoms with van der Waals surface area (Å²) in [6, 6.07) is 11.5. The minimum absolute atomic E-state index is 0.0613. The summed E-state index contributed by atoms with van der Waals surface area (Å²) in [5.74, 6) is 0.426. The Hall–Kier alpha value is -1.94. The van der Waals surface area contributed by atoms with Gasteiger partial charge in [0.25, 0.3) is 10.0 Å². The summed E-state index contributed by atoms with van der Waals surface area (Å²) in [6.45, 7) is 3.25. The second-order valence-corrected chi connectivity index (χ2v) is 11.5. The van der Waals surface area contributed by atoms with E-state index in [0.29, 0.717) is 30.1 Å². The highest BCUT2D eigenvalue weighted by atomic mass is 32.2. The monoisotopic (exact) mass is 477 g/mol. The molecule has 9 heteroatoms. The molecule has 1 aromatic carbocycles. The third-order valence-electron chi connectivity index (χ3n) is 6.40. The second kappa shape index (κ2) is 10.3. The predicted molar refractivity (Wildman–Crippen MR) is 125 cm³/mol. The summed E-state index contributed by atoms with van der Waals surface area (Å²) in [5.41, 5.74) is 1.15. The van der Waals surface area contributed by atoms with Gasteiger partial charge in [0.05, 0.1) is 19.1 Å². The Balaban J connectivity index is 1.41. The van der Waals surface area contributed by atoms with Gasteiger partial charge in [0.2, 0.25) is 5.91 Å². The van der Waals surface area contributed by atoms with Gasteiger partial charge in [-0.15, -0.1) is 11.3 Å². The Kier molecular flexibility index (Phi) is 7.50. The molecule has 0 aliphatic carbocycles. The maximum atomic E-state index is 13.0. The number of hydrogen-bond acceptors (Lipinski definition) is 6. The predicted octanol–water partition coefficient (Wildman–Crippen LogP) is 3.11. The van der Waals surface area contributed by atoms with Gasteiger partial charge in [0.15, 0.2) is 0 Å². The minimum Gasteiger partial charge on any atom is -0.497 e. The van der Waals surface area contributed by atoms with Crippen molar-refractivity contribution in [2.45, 2.75) is 35.9 Å². The van der Waals surface area contributed by atoms with E-state index in [0.717, 1.165) is 24.4 Å². The number of amides is 1. The fourth-order valence-corrected chi connectivity index (χ4v) is 7.26. The van der Waals surface area contributed by atoms with Crippen LogP contribution < -0.4 is 10.1 Å². The van der Waals surface area contributed by atoms with E-state index >= 15 is 0 Å². The van der Waals surface area contributed by atoms with Crippen molar-refractivity contribution >= 4 is 27.3 Å². The number of carbonyl (C=O) groups excluding carboxylic acids is 1. The zero-order chi connectivity index (χ0) is 22.6. The number of ether oxygens (including phenoxy) is 1. The van der Waals surface area contributed by atoms with Crippen LogP contribution in [0.15, 0.2) is 46.0 Å². The largest absolute Gasteiger partial charge is 0.497 e. The minimum atomic E-state index is -3.53. The van der Waals surface area contributed by atoms with E-state index in [1.165, 1.54) is 28.5 Å². The Morgan fingerprint density at radius 2 is 1.91 bits per heavy atom. The van der Waals surface area contributed by atoms with Gasteiger partial charge < -0.3 is 10.1 Å². The van der Waals surface area contributed by atoms with Crippen molar-refractivity contribution in [1.29, 1.82) is 0 Å². The average molecular weight is 478 g/mol. The van der Waals surface area contributed by atoms with Gasteiger partial charge in [-0.3, -0.25) is 9.69 Å². The first-order valence-corrected chi connectivity index (χ1v) is 13.5. The lowest BCUT2D eigenvalue weighted by Gasteiger charge is -2.32. The van der Waals surface area contributed by atoms with Crippen LogP contribution in [0.3, 0.4) is 0 Å². The van der Waals surface area contributed by atoms with Crippen molar-refractivity contribution in [2.75, 3.05) is 39.8 Å². The molecule has 0 saturated carbocycles. The molecule has 174 valence electrons. The van der Waals surface area contributed by atoms with Crippen LogP contribution in [0.1, 0.15) is 37.3 Å². The maximum absolute atomic E-state index is 13.0. The van der Waals surface area contributed by atoms with Crippen LogP contribution in [-0.2, 0) is 14.8 Å². The zero-order valence-electron chi connectivity index (χ0n) is 18.4. The molecular formula is C23H31N3O4S2. The first-order valence-electron chi connectivity index (χ1n) is 11.2. The number of benzene rings is 1. The van der Waals surface area contributed by atoms with Crippen LogP contribution in [0.2, 0.25) is 0 Å². The van der Waals surface area contributed by atoms with Gasteiger partial charge in [-0.05, 0) is 67.9 Å². The molecule has 0 spiro atoms. The third kappa shape index (κ3) is 5.17. The van der Waals surface area contributed by atoms with Crippen molar-refractivity contribution < 1.29 is 17.9 Å². The Morgan fingerprint density at radius 3 is 2.56 bits per heavy atom. The molecule has 2 saturated heterocycles. The van der Waals surface area contributed by atoms with Crippen LogP contribution >= 0.6 is 11.3 Å². The Labute approximate surface area is 194 Å². The first kappa shape index (κ1) is 23.2. The Morgan fingerprint density at radius 1 is 1.16 bits per heavy atom. The third-order valence-corrected chi connectivity index (χ3v) is 9.63. The van der Waals surface area contributed by atoms with Crippen LogP contribution in [0.25, 0.3) is 0 Å². The van der Waals surface area contributed by atoms with Crippen LogP contribution in [0, 0.1) is 5.92 Å². The number of sulfonamides is 1. The lowest BCUT2D eigenvalue weighted by molar-refractivity contribution is -0.126. The van der Waals surface area contributed by atoms with E-state index in [2.05, 4.69) is 22.3 Å². The van der Waals surface area contributed by atoms with Crippen molar-refractivity contribution in [1.82, 2.24) is 14.5 Å². The average Bonchev–Trinajstić information content (AvgIpc) is 3.55. The van der Waals surface area contributed by atoms with E-state index in [1.54, 1.807) is 24.6 Å². The van der Waals surface area contributed by atoms with Gasteiger partial charge in [-0.1, -0.05) is 18.2 Å². The molecule has 2 aliphatic heterocycles. The number of nitrogens with one attached hydrogen (secondary N) is 1. The molecule has 3 heterocycles. The van der Waals surface area contributed by atoms with E-state index < -0.39 is 10.0 Å². The number of rotatable bonds is 8. The Bertz CT molecular complexity index is 987. The standard InChI is InChI=1S/C23H31N3O4S2/c1-30-20-10-8-18(9-11-20)21(25-12-2-3-13-25)16-24-23(27)19-6-4-14-26(17-19)32(28,29)22-7-5-15-31-22/h5,7-11,15,19,21H,2-4,6,12-14,16-17H2,1H3,(H,24,27). The lowest BCUT2D eigenvalue weighted by atomic mass is 9.98. The number of methoxy groups -OCH3 is 1. The van der Waals surface area contributed by atoms with Crippen molar-refractivity contribution in [2.24, 2.45) is 5.92 Å². The molecule has 2 unspecified atom stereocenters. The first-order chi connectivity index (χ1) is 15.5. The van der Waals surface area contributed by atoms with Gasteiger partial charge in [0, 0.05) is 19.6 Å². The van der Waals surface area contributed by atoms with Gasteiger partial charge in [0.1, 0.15) is 9.96 Å². The van der Waals surface area contributed by atoms with E-state index in [9.17, 15) is 13.2 Å². The molecule has 7 nitrogen and oxygen atoms in total. The molecule has 1 N–H and O–H groups in total. The van der Waals surface area contributed by atoms with Crippen molar-refractivity contribution in [3.05, 3.63) is 47.3 Å². The highest BCUT2D eigenvalue weighted by Gasteiger charge is 2.34. The summed E-state index contributed by atoms with van der Waals surface area (Å²) >= 11 is 1.22. The normalized spacial score (nSPS) is 21.3. The fraction of sp³-hybridized carbons (Fsp3) is 0.522. The number of piperidine rings is 1. The number of carbonyl (C=O) groups is 1. The van der Waals surface area contributed by atoms with Crippen LogP contribution in [0.5, 0.6) is 5.75 Å². The molecule has 1 aromatic heterocycles. The summed E-state index contributed by atoms with van der Waals surface area (Å²) in [5, 5.41) is 4.90. The molecule has 2 atom stereocenters. The fourth-order valence-electron chi connectivity index (χ4n) is 4.59. The number of nitrogens with zero attached hydrogens (tertiary/aromatic N) is 2. The highest BCUT2D eigenvalue weighted by molar-refractivity contribution is 7.91. The molecule has 1 amide bonds. The van der Waals surface area contributed by atoms with Gasteiger partial charge in [-0.2, -0.15) is 4.31 Å².